The molecule has 1 atom stereocenters. The van der Waals surface area contributed by atoms with E-state index in [1.54, 1.807) is 0 Å². The number of rotatable bonds is 3. The number of carbonyl (C=O) groups is 1. The standard InChI is InChI=1S/C8H15NO3/c1-2-9-4-3-8(12,6-9)5-7(10)11/h12H,2-6H2,1H3,(H,10,11). The molecule has 12 heavy (non-hydrogen) atoms. The third-order valence-electron chi connectivity index (χ3n) is 2.34. The fourth-order valence-corrected chi connectivity index (χ4v) is 1.64. The van der Waals surface area contributed by atoms with Crippen molar-refractivity contribution in [3.63, 3.8) is 0 Å². The van der Waals surface area contributed by atoms with Crippen LogP contribution < -0.4 is 0 Å². The second kappa shape index (κ2) is 3.41. The molecule has 4 heteroatoms. The van der Waals surface area contributed by atoms with E-state index in [0.717, 1.165) is 13.1 Å². The van der Waals surface area contributed by atoms with E-state index < -0.39 is 11.6 Å². The largest absolute Gasteiger partial charge is 0.481 e. The third-order valence-corrected chi connectivity index (χ3v) is 2.34. The highest BCUT2D eigenvalue weighted by Gasteiger charge is 2.37. The topological polar surface area (TPSA) is 60.8 Å². The maximum atomic E-state index is 10.4. The Morgan fingerprint density at radius 2 is 2.33 bits per heavy atom. The zero-order chi connectivity index (χ0) is 9.19. The van der Waals surface area contributed by atoms with E-state index in [1.165, 1.54) is 0 Å². The fraction of sp³-hybridized carbons (Fsp3) is 0.875. The number of carboxylic acids is 1. The van der Waals surface area contributed by atoms with Crippen LogP contribution in [0.1, 0.15) is 19.8 Å². The molecule has 70 valence electrons. The lowest BCUT2D eigenvalue weighted by molar-refractivity contribution is -0.142. The second-order valence-corrected chi connectivity index (χ2v) is 3.41. The monoisotopic (exact) mass is 173 g/mol. The normalized spacial score (nSPS) is 30.8. The number of likely N-dealkylation sites (tertiary alicyclic amines) is 1. The lowest BCUT2D eigenvalue weighted by Crippen LogP contribution is -2.35. The van der Waals surface area contributed by atoms with Gasteiger partial charge in [0.1, 0.15) is 0 Å². The van der Waals surface area contributed by atoms with Crippen molar-refractivity contribution in [2.24, 2.45) is 0 Å². The Kier molecular flexibility index (Phi) is 2.69. The van der Waals surface area contributed by atoms with Crippen LogP contribution in [-0.2, 0) is 4.79 Å². The molecule has 1 aliphatic rings. The first-order valence-corrected chi connectivity index (χ1v) is 4.22. The predicted molar refractivity (Wildman–Crippen MR) is 43.9 cm³/mol. The molecule has 0 bridgehead atoms. The Bertz CT molecular complexity index is 183. The molecule has 1 fully saturated rings. The Morgan fingerprint density at radius 1 is 1.67 bits per heavy atom. The first kappa shape index (κ1) is 9.48. The van der Waals surface area contributed by atoms with Crippen molar-refractivity contribution in [3.05, 3.63) is 0 Å². The number of aliphatic hydroxyl groups is 1. The minimum atomic E-state index is -0.984. The van der Waals surface area contributed by atoms with Crippen LogP contribution in [0.15, 0.2) is 0 Å². The van der Waals surface area contributed by atoms with Crippen molar-refractivity contribution in [3.8, 4) is 0 Å². The van der Waals surface area contributed by atoms with E-state index in [1.807, 2.05) is 6.92 Å². The molecule has 1 rings (SSSR count). The van der Waals surface area contributed by atoms with E-state index in [9.17, 15) is 9.90 Å². The van der Waals surface area contributed by atoms with E-state index in [2.05, 4.69) is 4.90 Å². The minimum absolute atomic E-state index is 0.135. The molecule has 1 aliphatic heterocycles. The summed E-state index contributed by atoms with van der Waals surface area (Å²) in [5.41, 5.74) is -0.984. The van der Waals surface area contributed by atoms with Crippen LogP contribution in [0.5, 0.6) is 0 Å². The van der Waals surface area contributed by atoms with Crippen molar-refractivity contribution in [2.75, 3.05) is 19.6 Å². The van der Waals surface area contributed by atoms with Gasteiger partial charge in [-0.1, -0.05) is 6.92 Å². The number of aliphatic carboxylic acids is 1. The van der Waals surface area contributed by atoms with Crippen LogP contribution in [0.25, 0.3) is 0 Å². The molecule has 0 aromatic carbocycles. The molecule has 0 aromatic heterocycles. The van der Waals surface area contributed by atoms with Gasteiger partial charge in [-0.25, -0.2) is 0 Å². The SMILES string of the molecule is CCN1CCC(O)(CC(=O)O)C1. The Labute approximate surface area is 71.8 Å². The highest BCUT2D eigenvalue weighted by Crippen LogP contribution is 2.23. The smallest absolute Gasteiger partial charge is 0.306 e. The molecule has 1 saturated heterocycles. The molecule has 2 N–H and O–H groups in total. The summed E-state index contributed by atoms with van der Waals surface area (Å²) >= 11 is 0. The molecule has 0 aliphatic carbocycles. The molecular weight excluding hydrogens is 158 g/mol. The summed E-state index contributed by atoms with van der Waals surface area (Å²) in [5, 5.41) is 18.3. The lowest BCUT2D eigenvalue weighted by atomic mass is 9.99. The fourth-order valence-electron chi connectivity index (χ4n) is 1.64. The number of hydrogen-bond acceptors (Lipinski definition) is 3. The first-order chi connectivity index (χ1) is 5.56. The van der Waals surface area contributed by atoms with Gasteiger partial charge in [-0.05, 0) is 13.0 Å². The second-order valence-electron chi connectivity index (χ2n) is 3.41. The first-order valence-electron chi connectivity index (χ1n) is 4.22. The van der Waals surface area contributed by atoms with Gasteiger partial charge in [0.15, 0.2) is 0 Å². The van der Waals surface area contributed by atoms with Crippen LogP contribution >= 0.6 is 0 Å². The summed E-state index contributed by atoms with van der Waals surface area (Å²) in [4.78, 5) is 12.4. The van der Waals surface area contributed by atoms with Crippen molar-refractivity contribution in [1.29, 1.82) is 0 Å². The van der Waals surface area contributed by atoms with Crippen molar-refractivity contribution >= 4 is 5.97 Å². The summed E-state index contributed by atoms with van der Waals surface area (Å²) in [7, 11) is 0. The Morgan fingerprint density at radius 3 is 2.75 bits per heavy atom. The van der Waals surface area contributed by atoms with E-state index in [-0.39, 0.29) is 6.42 Å². The zero-order valence-electron chi connectivity index (χ0n) is 7.29. The van der Waals surface area contributed by atoms with E-state index in [4.69, 9.17) is 5.11 Å². The minimum Gasteiger partial charge on any atom is -0.481 e. The highest BCUT2D eigenvalue weighted by atomic mass is 16.4. The summed E-state index contributed by atoms with van der Waals surface area (Å²) < 4.78 is 0. The van der Waals surface area contributed by atoms with Gasteiger partial charge in [-0.2, -0.15) is 0 Å². The zero-order valence-corrected chi connectivity index (χ0v) is 7.29. The van der Waals surface area contributed by atoms with Gasteiger partial charge < -0.3 is 15.1 Å². The van der Waals surface area contributed by atoms with Crippen molar-refractivity contribution < 1.29 is 15.0 Å². The number of nitrogens with zero attached hydrogens (tertiary/aromatic N) is 1. The quantitative estimate of drug-likeness (QED) is 0.626. The van der Waals surface area contributed by atoms with Gasteiger partial charge in [-0.3, -0.25) is 4.79 Å². The average molecular weight is 173 g/mol. The molecule has 0 radical (unpaired) electrons. The Hall–Kier alpha value is -0.610. The van der Waals surface area contributed by atoms with Crippen LogP contribution in [-0.4, -0.2) is 46.3 Å². The lowest BCUT2D eigenvalue weighted by Gasteiger charge is -2.20. The van der Waals surface area contributed by atoms with Gasteiger partial charge in [-0.15, -0.1) is 0 Å². The van der Waals surface area contributed by atoms with Gasteiger partial charge >= 0.3 is 5.97 Å². The molecule has 1 heterocycles. The summed E-state index contributed by atoms with van der Waals surface area (Å²) in [6.07, 6.45) is 0.441. The van der Waals surface area contributed by atoms with Gasteiger partial charge in [0.05, 0.1) is 12.0 Å². The Balaban J connectivity index is 2.46. The van der Waals surface area contributed by atoms with E-state index >= 15 is 0 Å². The van der Waals surface area contributed by atoms with Crippen LogP contribution in [0.4, 0.5) is 0 Å². The van der Waals surface area contributed by atoms with Gasteiger partial charge in [0.2, 0.25) is 0 Å². The van der Waals surface area contributed by atoms with E-state index in [0.29, 0.717) is 13.0 Å². The molecule has 4 nitrogen and oxygen atoms in total. The number of likely N-dealkylation sites (N-methyl/N-ethyl adjacent to an activating group) is 1. The summed E-state index contributed by atoms with van der Waals surface area (Å²) in [6, 6.07) is 0. The molecule has 0 amide bonds. The van der Waals surface area contributed by atoms with Crippen molar-refractivity contribution in [2.45, 2.75) is 25.4 Å². The molecule has 0 saturated carbocycles. The van der Waals surface area contributed by atoms with Crippen LogP contribution in [0.2, 0.25) is 0 Å². The van der Waals surface area contributed by atoms with Gasteiger partial charge in [0.25, 0.3) is 0 Å². The predicted octanol–water partition coefficient (Wildman–Crippen LogP) is -0.0822. The molecule has 1 unspecified atom stereocenters. The van der Waals surface area contributed by atoms with Crippen LogP contribution in [0, 0.1) is 0 Å². The molecule has 0 spiro atoms. The molecule has 0 aromatic rings. The van der Waals surface area contributed by atoms with Crippen molar-refractivity contribution in [1.82, 2.24) is 4.90 Å². The number of β-amino-alcohol motifs (C(OH)–C–C–N with tert-alkyl or cyclic N) is 1. The number of hydrogen-bond donors (Lipinski definition) is 2. The van der Waals surface area contributed by atoms with Crippen LogP contribution in [0.3, 0.4) is 0 Å². The maximum Gasteiger partial charge on any atom is 0.306 e. The highest BCUT2D eigenvalue weighted by molar-refractivity contribution is 5.68. The summed E-state index contributed by atoms with van der Waals surface area (Å²) in [5.74, 6) is -0.921. The molecular formula is C8H15NO3. The maximum absolute atomic E-state index is 10.4. The van der Waals surface area contributed by atoms with Gasteiger partial charge in [0, 0.05) is 13.1 Å². The summed E-state index contributed by atoms with van der Waals surface area (Å²) in [6.45, 7) is 4.19. The average Bonchev–Trinajstić information content (AvgIpc) is 2.30. The third kappa shape index (κ3) is 2.19. The number of carboxylic acid groups (broad SMARTS) is 1.